The zero-order valence-electron chi connectivity index (χ0n) is 18.8. The number of benzene rings is 1. The van der Waals surface area contributed by atoms with Gasteiger partial charge in [0.2, 0.25) is 5.95 Å². The maximum Gasteiger partial charge on any atom is 0.329 e. The third-order valence-electron chi connectivity index (χ3n) is 5.31. The van der Waals surface area contributed by atoms with Gasteiger partial charge in [-0.2, -0.15) is 10.2 Å². The van der Waals surface area contributed by atoms with E-state index in [1.165, 1.54) is 28.0 Å². The first kappa shape index (κ1) is 23.5. The fourth-order valence-corrected chi connectivity index (χ4v) is 3.42. The van der Waals surface area contributed by atoms with Crippen molar-refractivity contribution in [2.45, 2.75) is 46.1 Å². The van der Waals surface area contributed by atoms with E-state index in [0.717, 1.165) is 24.9 Å². The molecule has 0 saturated heterocycles. The maximum absolute atomic E-state index is 12.5. The highest BCUT2D eigenvalue weighted by Crippen LogP contribution is 2.18. The number of H-pyrrole nitrogens is 1. The van der Waals surface area contributed by atoms with Gasteiger partial charge in [-0.25, -0.2) is 9.78 Å². The molecule has 0 bridgehead atoms. The number of aromatic amines is 1. The van der Waals surface area contributed by atoms with Crippen molar-refractivity contribution < 1.29 is 0 Å². The second-order valence-electron chi connectivity index (χ2n) is 7.69. The number of hydrogen-bond donors (Lipinski definition) is 4. The lowest BCUT2D eigenvalue weighted by atomic mass is 10.1. The molecule has 0 radical (unpaired) electrons. The van der Waals surface area contributed by atoms with Gasteiger partial charge in [-0.05, 0) is 55.9 Å². The number of unbranched alkanes of at least 4 members (excludes halogenated alkanes) is 2. The minimum absolute atomic E-state index is 0.139. The third kappa shape index (κ3) is 6.20. The number of anilines is 4. The van der Waals surface area contributed by atoms with E-state index in [-0.39, 0.29) is 16.9 Å². The average Bonchev–Trinajstić information content (AvgIpc) is 2.79. The zero-order valence-corrected chi connectivity index (χ0v) is 18.8. The fourth-order valence-electron chi connectivity index (χ4n) is 3.42. The minimum atomic E-state index is -0.438. The summed E-state index contributed by atoms with van der Waals surface area (Å²) in [6.45, 7) is 5.08. The number of aromatic nitrogens is 4. The van der Waals surface area contributed by atoms with E-state index in [1.807, 2.05) is 24.3 Å². The first-order chi connectivity index (χ1) is 15.9. The Morgan fingerprint density at radius 2 is 2.03 bits per heavy atom. The summed E-state index contributed by atoms with van der Waals surface area (Å²) in [5.41, 5.74) is 8.36. The average molecular weight is 449 g/mol. The highest BCUT2D eigenvalue weighted by molar-refractivity contribution is 5.57. The van der Waals surface area contributed by atoms with Gasteiger partial charge in [-0.15, -0.1) is 0 Å². The molecule has 0 aliphatic carbocycles. The Labute approximate surface area is 191 Å². The van der Waals surface area contributed by atoms with Crippen molar-refractivity contribution in [1.82, 2.24) is 19.5 Å². The molecular formula is C23H28N8O2. The number of nitrogens with zero attached hydrogens (tertiary/aromatic N) is 4. The maximum atomic E-state index is 12.5. The quantitative estimate of drug-likeness (QED) is 0.345. The lowest BCUT2D eigenvalue weighted by Gasteiger charge is -2.11. The number of rotatable bonds is 10. The van der Waals surface area contributed by atoms with Crippen molar-refractivity contribution in [3.63, 3.8) is 0 Å². The molecule has 2 aromatic heterocycles. The second-order valence-corrected chi connectivity index (χ2v) is 7.69. The first-order valence-electron chi connectivity index (χ1n) is 10.9. The summed E-state index contributed by atoms with van der Waals surface area (Å²) in [6.07, 6.45) is 4.55. The van der Waals surface area contributed by atoms with Gasteiger partial charge in [-0.1, -0.05) is 13.0 Å². The molecule has 0 amide bonds. The van der Waals surface area contributed by atoms with Crippen LogP contribution in [0.5, 0.6) is 0 Å². The van der Waals surface area contributed by atoms with Crippen LogP contribution in [0.4, 0.5) is 23.3 Å². The van der Waals surface area contributed by atoms with E-state index >= 15 is 0 Å². The van der Waals surface area contributed by atoms with Crippen LogP contribution in [0.25, 0.3) is 0 Å². The van der Waals surface area contributed by atoms with Gasteiger partial charge in [-0.3, -0.25) is 14.3 Å². The molecule has 0 atom stereocenters. The van der Waals surface area contributed by atoms with E-state index in [4.69, 9.17) is 11.0 Å². The van der Waals surface area contributed by atoms with Gasteiger partial charge in [0.15, 0.2) is 0 Å². The molecule has 33 heavy (non-hydrogen) atoms. The molecule has 10 heteroatoms. The molecule has 10 nitrogen and oxygen atoms in total. The number of nitrogens with two attached hydrogens (primary N) is 1. The first-order valence-corrected chi connectivity index (χ1v) is 10.9. The normalized spacial score (nSPS) is 10.6. The van der Waals surface area contributed by atoms with Crippen LogP contribution in [0.2, 0.25) is 0 Å². The zero-order chi connectivity index (χ0) is 23.8. The van der Waals surface area contributed by atoms with Crippen LogP contribution < -0.4 is 27.6 Å². The Morgan fingerprint density at radius 3 is 2.73 bits per heavy atom. The highest BCUT2D eigenvalue weighted by Gasteiger charge is 2.07. The Kier molecular flexibility index (Phi) is 7.81. The van der Waals surface area contributed by atoms with Gasteiger partial charge < -0.3 is 16.4 Å². The molecule has 0 unspecified atom stereocenters. The standard InChI is InChI=1S/C23H28N8O2/c1-3-16-11-18(8-7-15(16)2)28-19-12-20(32)31(23(33)29-19)10-6-4-5-9-26-22-27-14-17(13-24)21(25)30-22/h7-8,11-12,14,28H,3-6,9-10H2,1-2H3,(H,29,33)(H3,25,26,27,30). The van der Waals surface area contributed by atoms with Crippen LogP contribution in [0.3, 0.4) is 0 Å². The molecule has 172 valence electrons. The van der Waals surface area contributed by atoms with Gasteiger partial charge in [0.1, 0.15) is 23.3 Å². The molecule has 0 aliphatic heterocycles. The topological polar surface area (TPSA) is 155 Å². The van der Waals surface area contributed by atoms with Crippen LogP contribution in [-0.2, 0) is 13.0 Å². The van der Waals surface area contributed by atoms with Gasteiger partial charge in [0, 0.05) is 24.8 Å². The molecule has 1 aromatic carbocycles. The largest absolute Gasteiger partial charge is 0.382 e. The summed E-state index contributed by atoms with van der Waals surface area (Å²) in [5.74, 6) is 0.875. The molecule has 0 saturated carbocycles. The third-order valence-corrected chi connectivity index (χ3v) is 5.31. The van der Waals surface area contributed by atoms with Crippen molar-refractivity contribution in [3.05, 3.63) is 68.0 Å². The van der Waals surface area contributed by atoms with E-state index in [9.17, 15) is 9.59 Å². The molecule has 5 N–H and O–H groups in total. The summed E-state index contributed by atoms with van der Waals surface area (Å²) >= 11 is 0. The SMILES string of the molecule is CCc1cc(Nc2cc(=O)n(CCCCCNc3ncc(C#N)c(N)n3)c(=O)[nH]2)ccc1C. The van der Waals surface area contributed by atoms with E-state index in [0.29, 0.717) is 31.3 Å². The summed E-state index contributed by atoms with van der Waals surface area (Å²) in [5, 5.41) is 15.0. The van der Waals surface area contributed by atoms with Crippen LogP contribution in [0.1, 0.15) is 42.9 Å². The molecule has 2 heterocycles. The van der Waals surface area contributed by atoms with Crippen LogP contribution in [0.15, 0.2) is 40.1 Å². The lowest BCUT2D eigenvalue weighted by Crippen LogP contribution is -2.35. The summed E-state index contributed by atoms with van der Waals surface area (Å²) in [4.78, 5) is 35.7. The fraction of sp³-hybridized carbons (Fsp3) is 0.348. The molecule has 3 rings (SSSR count). The molecule has 0 spiro atoms. The highest BCUT2D eigenvalue weighted by atomic mass is 16.2. The van der Waals surface area contributed by atoms with Crippen LogP contribution in [-0.4, -0.2) is 26.1 Å². The lowest BCUT2D eigenvalue weighted by molar-refractivity contribution is 0.559. The van der Waals surface area contributed by atoms with Crippen molar-refractivity contribution >= 4 is 23.3 Å². The molecule has 0 aliphatic rings. The Hall–Kier alpha value is -4.13. The number of nitriles is 1. The summed E-state index contributed by atoms with van der Waals surface area (Å²) < 4.78 is 1.20. The van der Waals surface area contributed by atoms with Crippen molar-refractivity contribution in [2.75, 3.05) is 22.9 Å². The van der Waals surface area contributed by atoms with E-state index in [2.05, 4.69) is 39.4 Å². The number of nitrogen functional groups attached to an aromatic ring is 1. The van der Waals surface area contributed by atoms with Crippen LogP contribution in [0, 0.1) is 18.3 Å². The predicted octanol–water partition coefficient (Wildman–Crippen LogP) is 2.68. The summed E-state index contributed by atoms with van der Waals surface area (Å²) in [6, 6.07) is 9.27. The Bertz CT molecular complexity index is 1240. The molecule has 0 fully saturated rings. The molecular weight excluding hydrogens is 420 g/mol. The van der Waals surface area contributed by atoms with Crippen molar-refractivity contribution in [2.24, 2.45) is 0 Å². The minimum Gasteiger partial charge on any atom is -0.382 e. The van der Waals surface area contributed by atoms with E-state index < -0.39 is 5.69 Å². The van der Waals surface area contributed by atoms with Crippen LogP contribution >= 0.6 is 0 Å². The van der Waals surface area contributed by atoms with Crippen molar-refractivity contribution in [3.8, 4) is 6.07 Å². The summed E-state index contributed by atoms with van der Waals surface area (Å²) in [7, 11) is 0. The number of nitrogens with one attached hydrogen (secondary N) is 3. The monoisotopic (exact) mass is 448 g/mol. The van der Waals surface area contributed by atoms with Gasteiger partial charge >= 0.3 is 5.69 Å². The second kappa shape index (κ2) is 10.9. The van der Waals surface area contributed by atoms with Gasteiger partial charge in [0.25, 0.3) is 5.56 Å². The Morgan fingerprint density at radius 1 is 1.21 bits per heavy atom. The predicted molar refractivity (Wildman–Crippen MR) is 129 cm³/mol. The smallest absolute Gasteiger partial charge is 0.329 e. The van der Waals surface area contributed by atoms with Crippen molar-refractivity contribution in [1.29, 1.82) is 5.26 Å². The van der Waals surface area contributed by atoms with E-state index in [1.54, 1.807) is 0 Å². The number of hydrogen-bond acceptors (Lipinski definition) is 8. The van der Waals surface area contributed by atoms with Gasteiger partial charge in [0.05, 0.1) is 6.20 Å². The molecule has 3 aromatic rings. The Balaban J connectivity index is 1.49. The number of aryl methyl sites for hydroxylation is 2.